The first-order valence-corrected chi connectivity index (χ1v) is 8.54. The highest BCUT2D eigenvalue weighted by atomic mass is 16.5. The number of ether oxygens (including phenoxy) is 2. The van der Waals surface area contributed by atoms with Crippen LogP contribution in [0.15, 0.2) is 18.2 Å². The summed E-state index contributed by atoms with van der Waals surface area (Å²) >= 11 is 0. The summed E-state index contributed by atoms with van der Waals surface area (Å²) in [4.78, 5) is 26.3. The van der Waals surface area contributed by atoms with Gasteiger partial charge in [-0.15, -0.1) is 0 Å². The summed E-state index contributed by atoms with van der Waals surface area (Å²) in [5, 5.41) is 19.3. The molecule has 0 saturated carbocycles. The molecule has 0 aromatic heterocycles. The van der Waals surface area contributed by atoms with E-state index in [0.717, 1.165) is 0 Å². The smallest absolute Gasteiger partial charge is 0.320 e. The van der Waals surface area contributed by atoms with E-state index < -0.39 is 17.4 Å². The van der Waals surface area contributed by atoms with E-state index in [-0.39, 0.29) is 23.0 Å². The fourth-order valence-corrected chi connectivity index (χ4v) is 3.92. The minimum Gasteiger partial charge on any atom is -0.502 e. The van der Waals surface area contributed by atoms with Crippen LogP contribution < -0.4 is 9.47 Å². The second kappa shape index (κ2) is 6.99. The number of nitrogens with zero attached hydrogens (tertiary/aromatic N) is 1. The number of aliphatic carboxylic acids is 1. The van der Waals surface area contributed by atoms with Crippen LogP contribution in [0.25, 0.3) is 6.08 Å². The third kappa shape index (κ3) is 3.14. The van der Waals surface area contributed by atoms with Gasteiger partial charge >= 0.3 is 5.97 Å². The molecule has 2 N–H and O–H groups in total. The molecular formula is C19H23NO6. The number of benzene rings is 1. The van der Waals surface area contributed by atoms with Crippen LogP contribution in [0.4, 0.5) is 0 Å². The topological polar surface area (TPSA) is 96.3 Å². The van der Waals surface area contributed by atoms with Crippen molar-refractivity contribution < 1.29 is 29.3 Å². The molecule has 26 heavy (non-hydrogen) atoms. The summed E-state index contributed by atoms with van der Waals surface area (Å²) in [6, 6.07) is 2.65. The maximum absolute atomic E-state index is 12.9. The minimum atomic E-state index is -0.862. The summed E-state index contributed by atoms with van der Waals surface area (Å²) in [6.45, 7) is 1.27. The van der Waals surface area contributed by atoms with E-state index in [2.05, 4.69) is 0 Å². The number of carboxylic acid groups (broad SMARTS) is 1. The molecule has 1 atom stereocenters. The molecule has 0 spiro atoms. The summed E-state index contributed by atoms with van der Waals surface area (Å²) in [6.07, 6.45) is 4.88. The van der Waals surface area contributed by atoms with Gasteiger partial charge in [-0.1, -0.05) is 6.08 Å². The Kier molecular flexibility index (Phi) is 4.91. The number of carbonyl (C=O) groups excluding carboxylic acids is 1. The van der Waals surface area contributed by atoms with E-state index in [4.69, 9.17) is 9.47 Å². The largest absolute Gasteiger partial charge is 0.502 e. The number of hydrogen-bond acceptors (Lipinski definition) is 6. The summed E-state index contributed by atoms with van der Waals surface area (Å²) in [7, 11) is 2.88. The number of piperidine rings is 3. The number of ketones is 1. The molecule has 0 radical (unpaired) electrons. The Bertz CT molecular complexity index is 723. The molecule has 3 fully saturated rings. The van der Waals surface area contributed by atoms with Crippen molar-refractivity contribution in [1.29, 1.82) is 0 Å². The third-order valence-corrected chi connectivity index (χ3v) is 5.52. The molecule has 0 aliphatic carbocycles. The monoisotopic (exact) mass is 361 g/mol. The molecule has 7 heteroatoms. The standard InChI is InChI=1S/C19H23NO6/c1-25-14-9-12(10-15(26-2)17(14)22)3-4-16(21)19-5-7-20(8-6-19)13(11-19)18(23)24/h3-4,9-10,13,22H,5-8,11H2,1-2H3,(H,23,24)/b4-3+. The van der Waals surface area contributed by atoms with E-state index in [9.17, 15) is 19.8 Å². The van der Waals surface area contributed by atoms with Crippen molar-refractivity contribution in [2.75, 3.05) is 27.3 Å². The average molecular weight is 361 g/mol. The number of carbonyl (C=O) groups is 2. The second-order valence-corrected chi connectivity index (χ2v) is 6.85. The minimum absolute atomic E-state index is 0.0471. The molecule has 1 aromatic carbocycles. The molecule has 4 rings (SSSR count). The number of fused-ring (bicyclic) bond motifs is 3. The Morgan fingerprint density at radius 3 is 2.27 bits per heavy atom. The zero-order valence-corrected chi connectivity index (χ0v) is 14.9. The van der Waals surface area contributed by atoms with Crippen molar-refractivity contribution in [1.82, 2.24) is 4.90 Å². The third-order valence-electron chi connectivity index (χ3n) is 5.52. The first-order valence-electron chi connectivity index (χ1n) is 8.54. The molecule has 3 aliphatic rings. The first kappa shape index (κ1) is 18.3. The second-order valence-electron chi connectivity index (χ2n) is 6.85. The van der Waals surface area contributed by atoms with Crippen LogP contribution in [0, 0.1) is 5.41 Å². The van der Waals surface area contributed by atoms with Crippen LogP contribution in [-0.4, -0.2) is 60.2 Å². The van der Waals surface area contributed by atoms with Crippen LogP contribution in [0.2, 0.25) is 0 Å². The highest BCUT2D eigenvalue weighted by molar-refractivity contribution is 5.99. The van der Waals surface area contributed by atoms with E-state index in [1.165, 1.54) is 20.3 Å². The maximum atomic E-state index is 12.9. The lowest BCUT2D eigenvalue weighted by molar-refractivity contribution is -0.154. The Hall–Kier alpha value is -2.54. The molecule has 3 heterocycles. The Labute approximate surface area is 151 Å². The maximum Gasteiger partial charge on any atom is 0.320 e. The van der Waals surface area contributed by atoms with Gasteiger partial charge in [-0.05, 0) is 56.1 Å². The van der Waals surface area contributed by atoms with Gasteiger partial charge in [-0.2, -0.15) is 0 Å². The highest BCUT2D eigenvalue weighted by Gasteiger charge is 2.50. The normalized spacial score (nSPS) is 27.5. The van der Waals surface area contributed by atoms with Gasteiger partial charge in [0.05, 0.1) is 14.2 Å². The van der Waals surface area contributed by atoms with Gasteiger partial charge in [0.2, 0.25) is 5.75 Å². The van der Waals surface area contributed by atoms with Gasteiger partial charge in [0.1, 0.15) is 6.04 Å². The van der Waals surface area contributed by atoms with Crippen LogP contribution in [0.3, 0.4) is 0 Å². The number of allylic oxidation sites excluding steroid dienone is 1. The average Bonchev–Trinajstić information content (AvgIpc) is 2.67. The van der Waals surface area contributed by atoms with Crippen molar-refractivity contribution in [3.8, 4) is 17.2 Å². The number of phenols is 1. The van der Waals surface area contributed by atoms with E-state index in [1.54, 1.807) is 18.2 Å². The molecule has 3 aliphatic heterocycles. The Morgan fingerprint density at radius 1 is 1.19 bits per heavy atom. The Morgan fingerprint density at radius 2 is 1.77 bits per heavy atom. The van der Waals surface area contributed by atoms with Crippen LogP contribution in [-0.2, 0) is 9.59 Å². The van der Waals surface area contributed by atoms with Crippen molar-refractivity contribution in [3.63, 3.8) is 0 Å². The predicted molar refractivity (Wildman–Crippen MR) is 94.5 cm³/mol. The number of hydrogen-bond donors (Lipinski definition) is 2. The van der Waals surface area contributed by atoms with Crippen molar-refractivity contribution in [3.05, 3.63) is 23.8 Å². The quantitative estimate of drug-likeness (QED) is 0.747. The molecular weight excluding hydrogens is 338 g/mol. The number of aromatic hydroxyl groups is 1. The van der Waals surface area contributed by atoms with Crippen molar-refractivity contribution >= 4 is 17.8 Å². The number of carboxylic acids is 1. The van der Waals surface area contributed by atoms with Gasteiger partial charge < -0.3 is 19.7 Å². The predicted octanol–water partition coefficient (Wildman–Crippen LogP) is 1.93. The molecule has 140 valence electrons. The van der Waals surface area contributed by atoms with Crippen molar-refractivity contribution in [2.45, 2.75) is 25.3 Å². The SMILES string of the molecule is COc1cc(/C=C/C(=O)C23CCN(CC2)C(C(=O)O)C3)cc(OC)c1O. The van der Waals surface area contributed by atoms with E-state index in [1.807, 2.05) is 4.90 Å². The fraction of sp³-hybridized carbons (Fsp3) is 0.474. The molecule has 1 aromatic rings. The summed E-state index contributed by atoms with van der Waals surface area (Å²) < 4.78 is 10.2. The number of methoxy groups -OCH3 is 2. The molecule has 0 amide bonds. The number of rotatable bonds is 6. The zero-order valence-electron chi connectivity index (χ0n) is 14.9. The van der Waals surface area contributed by atoms with Gasteiger partial charge in [-0.3, -0.25) is 14.5 Å². The molecule has 2 bridgehead atoms. The molecule has 1 unspecified atom stereocenters. The Balaban J connectivity index is 1.82. The van der Waals surface area contributed by atoms with Gasteiger partial charge in [0, 0.05) is 5.41 Å². The van der Waals surface area contributed by atoms with Gasteiger partial charge in [0.25, 0.3) is 0 Å². The molecule has 3 saturated heterocycles. The lowest BCUT2D eigenvalue weighted by Gasteiger charge is -2.50. The lowest BCUT2D eigenvalue weighted by Crippen LogP contribution is -2.59. The van der Waals surface area contributed by atoms with Crippen LogP contribution in [0.5, 0.6) is 17.2 Å². The van der Waals surface area contributed by atoms with Gasteiger partial charge in [-0.25, -0.2) is 0 Å². The number of phenolic OH excluding ortho intramolecular Hbond substituents is 1. The zero-order chi connectivity index (χ0) is 18.9. The van der Waals surface area contributed by atoms with E-state index >= 15 is 0 Å². The van der Waals surface area contributed by atoms with E-state index in [0.29, 0.717) is 37.9 Å². The lowest BCUT2D eigenvalue weighted by atomic mass is 9.66. The van der Waals surface area contributed by atoms with Crippen molar-refractivity contribution in [2.24, 2.45) is 5.41 Å². The molecule has 7 nitrogen and oxygen atoms in total. The summed E-state index contributed by atoms with van der Waals surface area (Å²) in [5.74, 6) is -0.494. The first-order chi connectivity index (χ1) is 12.4. The van der Waals surface area contributed by atoms with Crippen LogP contribution >= 0.6 is 0 Å². The van der Waals surface area contributed by atoms with Gasteiger partial charge in [0.15, 0.2) is 17.3 Å². The summed E-state index contributed by atoms with van der Waals surface area (Å²) in [5.41, 5.74) is 0.0589. The van der Waals surface area contributed by atoms with Crippen LogP contribution in [0.1, 0.15) is 24.8 Å². The fourth-order valence-electron chi connectivity index (χ4n) is 3.92. The highest BCUT2D eigenvalue weighted by Crippen LogP contribution is 2.44.